The highest BCUT2D eigenvalue weighted by Crippen LogP contribution is 2.43. The lowest BCUT2D eigenvalue weighted by Crippen LogP contribution is -2.25. The molecular formula is C19H16F3N4OP. The minimum Gasteiger partial charge on any atom is -0.490 e. The van der Waals surface area contributed by atoms with Crippen molar-refractivity contribution in [2.75, 3.05) is 0 Å². The highest BCUT2D eigenvalue weighted by atomic mass is 31.1. The van der Waals surface area contributed by atoms with E-state index in [1.54, 1.807) is 12.1 Å². The molecule has 1 fully saturated rings. The summed E-state index contributed by atoms with van der Waals surface area (Å²) in [5.41, 5.74) is 4.28. The molecule has 1 aromatic carbocycles. The normalized spacial score (nSPS) is 17.9. The number of halogens is 3. The number of ether oxygens (including phenoxy) is 1. The van der Waals surface area contributed by atoms with Gasteiger partial charge in [-0.05, 0) is 49.6 Å². The van der Waals surface area contributed by atoms with Crippen LogP contribution < -0.4 is 15.4 Å². The van der Waals surface area contributed by atoms with Gasteiger partial charge in [0.1, 0.15) is 17.5 Å². The van der Waals surface area contributed by atoms with E-state index < -0.39 is 11.7 Å². The molecule has 0 spiro atoms. The zero-order valence-electron chi connectivity index (χ0n) is 14.6. The van der Waals surface area contributed by atoms with Gasteiger partial charge >= 0.3 is 6.18 Å². The van der Waals surface area contributed by atoms with E-state index in [1.807, 2.05) is 6.07 Å². The number of nitriles is 1. The zero-order chi connectivity index (χ0) is 19.7. The van der Waals surface area contributed by atoms with Gasteiger partial charge in [-0.1, -0.05) is 0 Å². The van der Waals surface area contributed by atoms with Crippen LogP contribution >= 0.6 is 8.73 Å². The predicted octanol–water partition coefficient (Wildman–Crippen LogP) is 4.59. The molecule has 1 saturated carbocycles. The average Bonchev–Trinajstić information content (AvgIpc) is 3.13. The maximum absolute atomic E-state index is 12.8. The van der Waals surface area contributed by atoms with Crippen LogP contribution in [0.5, 0.6) is 5.75 Å². The third-order valence-electron chi connectivity index (χ3n) is 4.72. The van der Waals surface area contributed by atoms with Crippen LogP contribution in [-0.2, 0) is 6.18 Å². The van der Waals surface area contributed by atoms with Crippen LogP contribution in [0.1, 0.15) is 30.4 Å². The van der Waals surface area contributed by atoms with Crippen LogP contribution in [-0.4, -0.2) is 11.1 Å². The van der Waals surface area contributed by atoms with Crippen molar-refractivity contribution in [3.8, 4) is 23.1 Å². The molecule has 4 rings (SSSR count). The van der Waals surface area contributed by atoms with Crippen molar-refractivity contribution < 1.29 is 17.9 Å². The van der Waals surface area contributed by atoms with E-state index in [4.69, 9.17) is 4.74 Å². The van der Waals surface area contributed by atoms with Crippen molar-refractivity contribution in [1.82, 2.24) is 15.6 Å². The van der Waals surface area contributed by atoms with Crippen LogP contribution in [0, 0.1) is 11.3 Å². The molecule has 2 heterocycles. The molecule has 0 radical (unpaired) electrons. The number of aromatic nitrogens is 1. The number of hydrogen-bond acceptors (Lipinski definition) is 5. The summed E-state index contributed by atoms with van der Waals surface area (Å²) < 4.78 is 44.4. The molecule has 5 nitrogen and oxygen atoms in total. The number of nitrogens with zero attached hydrogens (tertiary/aromatic N) is 2. The first-order chi connectivity index (χ1) is 13.5. The third kappa shape index (κ3) is 3.68. The fourth-order valence-corrected chi connectivity index (χ4v) is 3.84. The maximum atomic E-state index is 12.8. The molecule has 0 bridgehead atoms. The summed E-state index contributed by atoms with van der Waals surface area (Å²) in [6.07, 6.45) is -0.328. The number of benzene rings is 1. The highest BCUT2D eigenvalue weighted by molar-refractivity contribution is 7.48. The van der Waals surface area contributed by atoms with E-state index in [9.17, 15) is 18.4 Å². The van der Waals surface area contributed by atoms with Gasteiger partial charge in [0, 0.05) is 31.4 Å². The lowest BCUT2D eigenvalue weighted by atomic mass is 9.96. The molecule has 0 saturated heterocycles. The number of allylic oxidation sites excluding steroid dienone is 1. The SMILES string of the molecule is N#CC1=C(c2cc(-c3ccc(C(F)(F)F)cn3)ccc2OC2CCC2)PNN1. The Morgan fingerprint density at radius 1 is 1.21 bits per heavy atom. The van der Waals surface area contributed by atoms with Gasteiger partial charge in [-0.15, -0.1) is 0 Å². The van der Waals surface area contributed by atoms with Crippen molar-refractivity contribution in [2.24, 2.45) is 0 Å². The number of pyridine rings is 1. The monoisotopic (exact) mass is 404 g/mol. The second-order valence-electron chi connectivity index (χ2n) is 6.55. The smallest absolute Gasteiger partial charge is 0.417 e. The van der Waals surface area contributed by atoms with Crippen molar-refractivity contribution in [2.45, 2.75) is 31.5 Å². The largest absolute Gasteiger partial charge is 0.490 e. The molecule has 1 aromatic heterocycles. The van der Waals surface area contributed by atoms with Crippen LogP contribution in [0.2, 0.25) is 0 Å². The fraction of sp³-hybridized carbons (Fsp3) is 0.263. The van der Waals surface area contributed by atoms with E-state index >= 15 is 0 Å². The van der Waals surface area contributed by atoms with Crippen molar-refractivity contribution in [3.63, 3.8) is 0 Å². The Morgan fingerprint density at radius 3 is 2.64 bits per heavy atom. The first-order valence-electron chi connectivity index (χ1n) is 8.72. The molecule has 9 heteroatoms. The summed E-state index contributed by atoms with van der Waals surface area (Å²) in [6.45, 7) is 0. The van der Waals surface area contributed by atoms with Gasteiger partial charge in [0.25, 0.3) is 0 Å². The number of hydrogen-bond donors (Lipinski definition) is 2. The number of hydrazine groups is 1. The number of nitrogens with one attached hydrogen (secondary N) is 2. The first kappa shape index (κ1) is 18.7. The van der Waals surface area contributed by atoms with Gasteiger partial charge in [-0.2, -0.15) is 18.4 Å². The van der Waals surface area contributed by atoms with Crippen LogP contribution in [0.4, 0.5) is 13.2 Å². The second-order valence-corrected chi connectivity index (χ2v) is 7.55. The number of alkyl halides is 3. The van der Waals surface area contributed by atoms with Gasteiger partial charge in [0.15, 0.2) is 0 Å². The summed E-state index contributed by atoms with van der Waals surface area (Å²) >= 11 is 0. The zero-order valence-corrected chi connectivity index (χ0v) is 15.6. The van der Waals surface area contributed by atoms with E-state index in [0.29, 0.717) is 22.7 Å². The quantitative estimate of drug-likeness (QED) is 0.730. The van der Waals surface area contributed by atoms with E-state index in [0.717, 1.165) is 42.4 Å². The molecule has 2 aliphatic rings. The lowest BCUT2D eigenvalue weighted by Gasteiger charge is -2.27. The van der Waals surface area contributed by atoms with Gasteiger partial charge < -0.3 is 10.2 Å². The summed E-state index contributed by atoms with van der Waals surface area (Å²) in [5.74, 6) is 0.668. The molecule has 28 heavy (non-hydrogen) atoms. The topological polar surface area (TPSA) is 70.0 Å². The molecule has 2 aromatic rings. The summed E-state index contributed by atoms with van der Waals surface area (Å²) in [5, 5.41) is 13.1. The molecule has 0 amide bonds. The van der Waals surface area contributed by atoms with Crippen LogP contribution in [0.3, 0.4) is 0 Å². The Labute approximate surface area is 161 Å². The summed E-state index contributed by atoms with van der Waals surface area (Å²) in [4.78, 5) is 3.97. The van der Waals surface area contributed by atoms with Gasteiger partial charge in [0.05, 0.1) is 17.4 Å². The highest BCUT2D eigenvalue weighted by Gasteiger charge is 2.31. The predicted molar refractivity (Wildman–Crippen MR) is 100 cm³/mol. The maximum Gasteiger partial charge on any atom is 0.417 e. The number of rotatable bonds is 4. The molecular weight excluding hydrogens is 388 g/mol. The van der Waals surface area contributed by atoms with Crippen LogP contribution in [0.25, 0.3) is 16.6 Å². The van der Waals surface area contributed by atoms with Gasteiger partial charge in [-0.3, -0.25) is 4.98 Å². The Balaban J connectivity index is 1.73. The standard InChI is InChI=1S/C19H16F3N4OP/c20-19(21,22)12-5-6-15(24-10-12)11-4-7-17(27-13-2-1-3-13)14(8-11)18-16(9-23)25-26-28-18/h4-8,10,13,25-26,28H,1-3H2. The Morgan fingerprint density at radius 2 is 2.04 bits per heavy atom. The Bertz CT molecular complexity index is 963. The Hall–Kier alpha value is -2.62. The molecule has 2 N–H and O–H groups in total. The minimum atomic E-state index is -4.42. The van der Waals surface area contributed by atoms with Crippen molar-refractivity contribution >= 4 is 14.0 Å². The Kier molecular flexibility index (Phi) is 4.96. The molecule has 1 atom stereocenters. The van der Waals surface area contributed by atoms with Crippen LogP contribution in [0.15, 0.2) is 42.2 Å². The molecule has 1 unspecified atom stereocenters. The molecule has 1 aliphatic heterocycles. The van der Waals surface area contributed by atoms with Crippen molar-refractivity contribution in [1.29, 1.82) is 5.26 Å². The minimum absolute atomic E-state index is 0.158. The van der Waals surface area contributed by atoms with Gasteiger partial charge in [-0.25, -0.2) is 5.20 Å². The third-order valence-corrected chi connectivity index (χ3v) is 5.74. The van der Waals surface area contributed by atoms with Gasteiger partial charge in [0.2, 0.25) is 0 Å². The van der Waals surface area contributed by atoms with Crippen molar-refractivity contribution in [3.05, 3.63) is 53.4 Å². The lowest BCUT2D eigenvalue weighted by molar-refractivity contribution is -0.137. The molecule has 144 valence electrons. The van der Waals surface area contributed by atoms with E-state index in [2.05, 4.69) is 21.7 Å². The fourth-order valence-electron chi connectivity index (χ4n) is 2.96. The summed E-state index contributed by atoms with van der Waals surface area (Å²) in [7, 11) is 0.167. The summed E-state index contributed by atoms with van der Waals surface area (Å²) in [6, 6.07) is 9.88. The van der Waals surface area contributed by atoms with E-state index in [-0.39, 0.29) is 14.8 Å². The average molecular weight is 404 g/mol. The van der Waals surface area contributed by atoms with E-state index in [1.165, 1.54) is 6.07 Å². The second kappa shape index (κ2) is 7.42. The first-order valence-corrected chi connectivity index (χ1v) is 9.72. The molecule has 1 aliphatic carbocycles.